The van der Waals surface area contributed by atoms with Crippen molar-refractivity contribution in [3.63, 3.8) is 0 Å². The highest BCUT2D eigenvalue weighted by Gasteiger charge is 2.12. The third kappa shape index (κ3) is 4.91. The summed E-state index contributed by atoms with van der Waals surface area (Å²) < 4.78 is 7.76. The van der Waals surface area contributed by atoms with E-state index in [-0.39, 0.29) is 18.4 Å². The monoisotopic (exact) mass is 414 g/mol. The molecule has 1 heterocycles. The molecule has 0 aliphatic carbocycles. The molecule has 146 valence electrons. The molecule has 0 saturated heterocycles. The summed E-state index contributed by atoms with van der Waals surface area (Å²) in [5.41, 5.74) is 1.38. The Morgan fingerprint density at radius 2 is 1.86 bits per heavy atom. The predicted octanol–water partition coefficient (Wildman–Crippen LogP) is 4.51. The van der Waals surface area contributed by atoms with Crippen molar-refractivity contribution in [1.82, 2.24) is 4.57 Å². The first-order valence-electron chi connectivity index (χ1n) is 9.07. The second-order valence-corrected chi connectivity index (χ2v) is 9.01. The third-order valence-electron chi connectivity index (χ3n) is 3.85. The first-order chi connectivity index (χ1) is 13.5. The number of fused-ring (bicyclic) bond motifs is 1. The molecule has 0 fully saturated rings. The van der Waals surface area contributed by atoms with E-state index in [2.05, 4.69) is 18.8 Å². The largest absolute Gasteiger partial charge is 0.465 e. The minimum atomic E-state index is -0.352. The SMILES string of the molecule is CCOC(=O)Cn1c(=NC(=O)c2ccc(SC(C)C)cc2)sc2ccccc21. The molecule has 0 bridgehead atoms. The van der Waals surface area contributed by atoms with Crippen LogP contribution in [0.25, 0.3) is 10.2 Å². The van der Waals surface area contributed by atoms with E-state index in [1.54, 1.807) is 35.4 Å². The number of para-hydroxylation sites is 1. The van der Waals surface area contributed by atoms with E-state index >= 15 is 0 Å². The summed E-state index contributed by atoms with van der Waals surface area (Å²) in [4.78, 5) is 30.6. The topological polar surface area (TPSA) is 60.7 Å². The smallest absolute Gasteiger partial charge is 0.326 e. The number of hydrogen-bond donors (Lipinski definition) is 0. The fourth-order valence-corrected chi connectivity index (χ4v) is 4.56. The van der Waals surface area contributed by atoms with Crippen LogP contribution in [0, 0.1) is 0 Å². The summed E-state index contributed by atoms with van der Waals surface area (Å²) in [6.45, 7) is 6.36. The molecular weight excluding hydrogens is 392 g/mol. The standard InChI is InChI=1S/C21H22N2O3S2/c1-4-26-19(24)13-23-17-7-5-6-8-18(17)28-21(23)22-20(25)15-9-11-16(12-10-15)27-14(2)3/h5-12,14H,4,13H2,1-3H3. The molecule has 3 rings (SSSR count). The van der Waals surface area contributed by atoms with Crippen molar-refractivity contribution in [2.45, 2.75) is 37.5 Å². The van der Waals surface area contributed by atoms with Crippen molar-refractivity contribution in [1.29, 1.82) is 0 Å². The predicted molar refractivity (Wildman–Crippen MR) is 114 cm³/mol. The number of nitrogens with zero attached hydrogens (tertiary/aromatic N) is 2. The zero-order valence-electron chi connectivity index (χ0n) is 16.0. The van der Waals surface area contributed by atoms with Gasteiger partial charge in [0.15, 0.2) is 4.80 Å². The second-order valence-electron chi connectivity index (χ2n) is 6.35. The summed E-state index contributed by atoms with van der Waals surface area (Å²) >= 11 is 3.13. The highest BCUT2D eigenvalue weighted by molar-refractivity contribution is 7.99. The molecule has 1 amide bonds. The Morgan fingerprint density at radius 1 is 1.14 bits per heavy atom. The maximum absolute atomic E-state index is 12.7. The lowest BCUT2D eigenvalue weighted by atomic mass is 10.2. The lowest BCUT2D eigenvalue weighted by Gasteiger charge is -2.05. The zero-order chi connectivity index (χ0) is 20.1. The average molecular weight is 415 g/mol. The number of hydrogen-bond acceptors (Lipinski definition) is 5. The number of aromatic nitrogens is 1. The van der Waals surface area contributed by atoms with Crippen LogP contribution < -0.4 is 4.80 Å². The van der Waals surface area contributed by atoms with Crippen molar-refractivity contribution in [2.24, 2.45) is 4.99 Å². The number of thioether (sulfide) groups is 1. The van der Waals surface area contributed by atoms with Gasteiger partial charge in [-0.2, -0.15) is 4.99 Å². The van der Waals surface area contributed by atoms with E-state index in [1.807, 2.05) is 36.4 Å². The molecule has 7 heteroatoms. The average Bonchev–Trinajstić information content (AvgIpc) is 2.99. The van der Waals surface area contributed by atoms with Crippen LogP contribution in [0.3, 0.4) is 0 Å². The Hall–Kier alpha value is -2.38. The lowest BCUT2D eigenvalue weighted by Crippen LogP contribution is -2.23. The van der Waals surface area contributed by atoms with Crippen molar-refractivity contribution in [2.75, 3.05) is 6.61 Å². The Labute approximate surface area is 172 Å². The van der Waals surface area contributed by atoms with Gasteiger partial charge in [-0.15, -0.1) is 11.8 Å². The quantitative estimate of drug-likeness (QED) is 0.440. The van der Waals surface area contributed by atoms with E-state index in [0.717, 1.165) is 15.1 Å². The van der Waals surface area contributed by atoms with Gasteiger partial charge in [-0.05, 0) is 43.3 Å². The zero-order valence-corrected chi connectivity index (χ0v) is 17.7. The van der Waals surface area contributed by atoms with Crippen LogP contribution in [0.2, 0.25) is 0 Å². The Morgan fingerprint density at radius 3 is 2.54 bits per heavy atom. The van der Waals surface area contributed by atoms with Crippen LogP contribution in [0.4, 0.5) is 0 Å². The van der Waals surface area contributed by atoms with E-state index in [0.29, 0.717) is 22.2 Å². The summed E-state index contributed by atoms with van der Waals surface area (Å²) in [6, 6.07) is 15.1. The van der Waals surface area contributed by atoms with E-state index in [4.69, 9.17) is 4.74 Å². The second kappa shape index (κ2) is 9.21. The summed E-state index contributed by atoms with van der Waals surface area (Å²) in [5, 5.41) is 0.478. The Balaban J connectivity index is 1.96. The van der Waals surface area contributed by atoms with Gasteiger partial charge in [-0.1, -0.05) is 37.3 Å². The number of carbonyl (C=O) groups excluding carboxylic acids is 2. The van der Waals surface area contributed by atoms with Crippen molar-refractivity contribution >= 4 is 45.2 Å². The molecule has 0 spiro atoms. The fourth-order valence-electron chi connectivity index (χ4n) is 2.69. The first-order valence-corrected chi connectivity index (χ1v) is 10.8. The van der Waals surface area contributed by atoms with Crippen LogP contribution in [0.1, 0.15) is 31.1 Å². The minimum absolute atomic E-state index is 0.0218. The number of amides is 1. The molecule has 28 heavy (non-hydrogen) atoms. The molecule has 3 aromatic rings. The lowest BCUT2D eigenvalue weighted by molar-refractivity contribution is -0.143. The molecular formula is C21H22N2O3S2. The Bertz CT molecular complexity index is 1050. The number of ether oxygens (including phenoxy) is 1. The van der Waals surface area contributed by atoms with Crippen LogP contribution in [-0.4, -0.2) is 28.3 Å². The van der Waals surface area contributed by atoms with Crippen LogP contribution >= 0.6 is 23.1 Å². The molecule has 0 aliphatic rings. The Kier molecular flexibility index (Phi) is 6.70. The van der Waals surface area contributed by atoms with E-state index in [9.17, 15) is 9.59 Å². The molecule has 0 saturated carbocycles. The van der Waals surface area contributed by atoms with Crippen molar-refractivity contribution < 1.29 is 14.3 Å². The third-order valence-corrected chi connectivity index (χ3v) is 5.93. The van der Waals surface area contributed by atoms with Gasteiger partial charge < -0.3 is 9.30 Å². The summed E-state index contributed by atoms with van der Waals surface area (Å²) in [7, 11) is 0. The van der Waals surface area contributed by atoms with Crippen LogP contribution in [0.5, 0.6) is 0 Å². The van der Waals surface area contributed by atoms with Gasteiger partial charge in [-0.25, -0.2) is 0 Å². The van der Waals surface area contributed by atoms with E-state index < -0.39 is 0 Å². The maximum Gasteiger partial charge on any atom is 0.326 e. The van der Waals surface area contributed by atoms with Gasteiger partial charge in [0.25, 0.3) is 5.91 Å². The summed E-state index contributed by atoms with van der Waals surface area (Å²) in [6.07, 6.45) is 0. The van der Waals surface area contributed by atoms with E-state index in [1.165, 1.54) is 11.3 Å². The number of benzene rings is 2. The highest BCUT2D eigenvalue weighted by Crippen LogP contribution is 2.23. The fraction of sp³-hybridized carbons (Fsp3) is 0.286. The number of thiazole rings is 1. The molecule has 0 aliphatic heterocycles. The maximum atomic E-state index is 12.7. The van der Waals surface area contributed by atoms with Gasteiger partial charge in [0.05, 0.1) is 16.8 Å². The number of rotatable bonds is 6. The first kappa shape index (κ1) is 20.4. The highest BCUT2D eigenvalue weighted by atomic mass is 32.2. The minimum Gasteiger partial charge on any atom is -0.465 e. The van der Waals surface area contributed by atoms with Crippen molar-refractivity contribution in [3.05, 3.63) is 58.9 Å². The van der Waals surface area contributed by atoms with Gasteiger partial charge in [0, 0.05) is 15.7 Å². The molecule has 0 unspecified atom stereocenters. The van der Waals surface area contributed by atoms with Crippen LogP contribution in [0.15, 0.2) is 58.4 Å². The van der Waals surface area contributed by atoms with Crippen molar-refractivity contribution in [3.8, 4) is 0 Å². The molecule has 1 aromatic heterocycles. The normalized spacial score (nSPS) is 11.9. The number of esters is 1. The molecule has 0 N–H and O–H groups in total. The summed E-state index contributed by atoms with van der Waals surface area (Å²) in [5.74, 6) is -0.680. The molecule has 5 nitrogen and oxygen atoms in total. The number of carbonyl (C=O) groups is 2. The van der Waals surface area contributed by atoms with Gasteiger partial charge in [0.2, 0.25) is 0 Å². The van der Waals surface area contributed by atoms with Gasteiger partial charge in [-0.3, -0.25) is 9.59 Å². The molecule has 2 aromatic carbocycles. The molecule has 0 radical (unpaired) electrons. The van der Waals surface area contributed by atoms with Gasteiger partial charge in [0.1, 0.15) is 6.54 Å². The van der Waals surface area contributed by atoms with Gasteiger partial charge >= 0.3 is 5.97 Å². The van der Waals surface area contributed by atoms with Crippen LogP contribution in [-0.2, 0) is 16.1 Å². The molecule has 0 atom stereocenters.